The van der Waals surface area contributed by atoms with Crippen LogP contribution in [0.1, 0.15) is 31.8 Å². The number of carbonyl (C=O) groups excluding carboxylic acids is 2. The van der Waals surface area contributed by atoms with Crippen LogP contribution in [0.4, 0.5) is 0 Å². The van der Waals surface area contributed by atoms with Crippen LogP contribution in [-0.4, -0.2) is 12.6 Å². The minimum Gasteiger partial charge on any atom is -0.298 e. The normalized spacial score (nSPS) is 9.11. The third-order valence-electron chi connectivity index (χ3n) is 2.51. The van der Waals surface area contributed by atoms with Crippen LogP contribution >= 0.6 is 0 Å². The first-order valence-electron chi connectivity index (χ1n) is 5.45. The standard InChI is InChI=1S/C16H10O2/c17-11-15-7-3-1-5-13(15)9-10-14-6-2-4-8-16(14)12-18/h1-8,11-12H. The summed E-state index contributed by atoms with van der Waals surface area (Å²) < 4.78 is 0. The average Bonchev–Trinajstić information content (AvgIpc) is 2.45. The highest BCUT2D eigenvalue weighted by molar-refractivity contribution is 5.81. The largest absolute Gasteiger partial charge is 0.298 e. The molecule has 0 heterocycles. The zero-order valence-electron chi connectivity index (χ0n) is 9.59. The first-order valence-corrected chi connectivity index (χ1v) is 5.45. The van der Waals surface area contributed by atoms with Gasteiger partial charge in [0.2, 0.25) is 0 Å². The van der Waals surface area contributed by atoms with Crippen molar-refractivity contribution in [1.29, 1.82) is 0 Å². The topological polar surface area (TPSA) is 34.1 Å². The van der Waals surface area contributed by atoms with Crippen molar-refractivity contribution in [3.63, 3.8) is 0 Å². The fourth-order valence-corrected chi connectivity index (χ4v) is 1.56. The van der Waals surface area contributed by atoms with Crippen molar-refractivity contribution in [2.24, 2.45) is 0 Å². The Bertz CT molecular complexity index is 590. The molecule has 2 heteroatoms. The maximum atomic E-state index is 10.8. The molecule has 0 amide bonds. The van der Waals surface area contributed by atoms with Gasteiger partial charge in [0.25, 0.3) is 0 Å². The summed E-state index contributed by atoms with van der Waals surface area (Å²) >= 11 is 0. The lowest BCUT2D eigenvalue weighted by atomic mass is 10.1. The second-order valence-electron chi connectivity index (χ2n) is 3.66. The molecule has 0 unspecified atom stereocenters. The zero-order chi connectivity index (χ0) is 12.8. The highest BCUT2D eigenvalue weighted by atomic mass is 16.1. The molecule has 2 nitrogen and oxygen atoms in total. The number of benzene rings is 2. The minimum atomic E-state index is 0.550. The molecule has 0 atom stereocenters. The van der Waals surface area contributed by atoms with Gasteiger partial charge in [0.1, 0.15) is 0 Å². The van der Waals surface area contributed by atoms with Gasteiger partial charge in [0.15, 0.2) is 12.6 Å². The van der Waals surface area contributed by atoms with E-state index in [0.29, 0.717) is 22.3 Å². The smallest absolute Gasteiger partial charge is 0.151 e. The molecule has 0 aliphatic heterocycles. The van der Waals surface area contributed by atoms with E-state index in [1.54, 1.807) is 36.4 Å². The highest BCUT2D eigenvalue weighted by Crippen LogP contribution is 2.07. The van der Waals surface area contributed by atoms with Gasteiger partial charge in [-0.05, 0) is 12.1 Å². The predicted octanol–water partition coefficient (Wildman–Crippen LogP) is 2.71. The van der Waals surface area contributed by atoms with E-state index in [4.69, 9.17) is 0 Å². The Kier molecular flexibility index (Phi) is 3.68. The SMILES string of the molecule is O=Cc1ccccc1C#Cc1ccccc1C=O. The summed E-state index contributed by atoms with van der Waals surface area (Å²) in [6.45, 7) is 0. The van der Waals surface area contributed by atoms with Crippen LogP contribution in [0.25, 0.3) is 0 Å². The number of carbonyl (C=O) groups is 2. The third kappa shape index (κ3) is 2.53. The molecule has 0 bridgehead atoms. The molecule has 2 rings (SSSR count). The van der Waals surface area contributed by atoms with E-state index in [1.807, 2.05) is 12.1 Å². The van der Waals surface area contributed by atoms with E-state index in [2.05, 4.69) is 11.8 Å². The van der Waals surface area contributed by atoms with E-state index in [0.717, 1.165) is 12.6 Å². The van der Waals surface area contributed by atoms with Gasteiger partial charge in [0, 0.05) is 22.3 Å². The molecule has 0 radical (unpaired) electrons. The summed E-state index contributed by atoms with van der Waals surface area (Å²) in [6.07, 6.45) is 1.55. The molecule has 0 aliphatic rings. The molecule has 86 valence electrons. The summed E-state index contributed by atoms with van der Waals surface area (Å²) in [6, 6.07) is 14.2. The Hall–Kier alpha value is -2.66. The summed E-state index contributed by atoms with van der Waals surface area (Å²) in [5.41, 5.74) is 2.42. The van der Waals surface area contributed by atoms with Crippen molar-refractivity contribution >= 4 is 12.6 Å². The van der Waals surface area contributed by atoms with Crippen LogP contribution in [0.5, 0.6) is 0 Å². The van der Waals surface area contributed by atoms with Gasteiger partial charge in [-0.2, -0.15) is 0 Å². The first-order chi connectivity index (χ1) is 8.85. The summed E-state index contributed by atoms with van der Waals surface area (Å²) in [7, 11) is 0. The average molecular weight is 234 g/mol. The molecule has 0 spiro atoms. The lowest BCUT2D eigenvalue weighted by Crippen LogP contribution is -1.88. The second-order valence-corrected chi connectivity index (χ2v) is 3.66. The Balaban J connectivity index is 2.43. The van der Waals surface area contributed by atoms with Crippen LogP contribution in [-0.2, 0) is 0 Å². The van der Waals surface area contributed by atoms with E-state index in [1.165, 1.54) is 0 Å². The van der Waals surface area contributed by atoms with Crippen LogP contribution in [0.15, 0.2) is 48.5 Å². The monoisotopic (exact) mass is 234 g/mol. The second kappa shape index (κ2) is 5.60. The lowest BCUT2D eigenvalue weighted by molar-refractivity contribution is 0.111. The molecule has 0 aliphatic carbocycles. The molecule has 0 N–H and O–H groups in total. The Labute approximate surface area is 105 Å². The van der Waals surface area contributed by atoms with Crippen LogP contribution < -0.4 is 0 Å². The van der Waals surface area contributed by atoms with E-state index in [-0.39, 0.29) is 0 Å². The van der Waals surface area contributed by atoms with Gasteiger partial charge in [-0.25, -0.2) is 0 Å². The van der Waals surface area contributed by atoms with Gasteiger partial charge in [-0.15, -0.1) is 0 Å². The molecule has 2 aromatic rings. The predicted molar refractivity (Wildman–Crippen MR) is 69.6 cm³/mol. The van der Waals surface area contributed by atoms with Crippen LogP contribution in [0.2, 0.25) is 0 Å². The third-order valence-corrected chi connectivity index (χ3v) is 2.51. The van der Waals surface area contributed by atoms with Gasteiger partial charge < -0.3 is 0 Å². The van der Waals surface area contributed by atoms with Crippen molar-refractivity contribution in [2.75, 3.05) is 0 Å². The van der Waals surface area contributed by atoms with E-state index >= 15 is 0 Å². The number of hydrogen-bond donors (Lipinski definition) is 0. The number of aldehydes is 2. The van der Waals surface area contributed by atoms with Gasteiger partial charge in [-0.1, -0.05) is 48.2 Å². The lowest BCUT2D eigenvalue weighted by Gasteiger charge is -1.96. The quantitative estimate of drug-likeness (QED) is 0.591. The first kappa shape index (κ1) is 11.8. The minimum absolute atomic E-state index is 0.550. The van der Waals surface area contributed by atoms with Crippen LogP contribution in [0.3, 0.4) is 0 Å². The Morgan fingerprint density at radius 2 is 1.06 bits per heavy atom. The maximum Gasteiger partial charge on any atom is 0.151 e. The fraction of sp³-hybridized carbons (Fsp3) is 0. The Morgan fingerprint density at radius 3 is 1.44 bits per heavy atom. The van der Waals surface area contributed by atoms with E-state index in [9.17, 15) is 9.59 Å². The number of hydrogen-bond acceptors (Lipinski definition) is 2. The molecular formula is C16H10O2. The van der Waals surface area contributed by atoms with Crippen molar-refractivity contribution < 1.29 is 9.59 Å². The van der Waals surface area contributed by atoms with Gasteiger partial charge in [-0.3, -0.25) is 9.59 Å². The summed E-state index contributed by atoms with van der Waals surface area (Å²) in [5.74, 6) is 5.83. The van der Waals surface area contributed by atoms with Crippen molar-refractivity contribution in [3.05, 3.63) is 70.8 Å². The summed E-state index contributed by atoms with van der Waals surface area (Å²) in [4.78, 5) is 21.7. The molecule has 0 aromatic heterocycles. The molecule has 0 fully saturated rings. The summed E-state index contributed by atoms with van der Waals surface area (Å²) in [5, 5.41) is 0. The zero-order valence-corrected chi connectivity index (χ0v) is 9.59. The highest BCUT2D eigenvalue weighted by Gasteiger charge is 1.98. The van der Waals surface area contributed by atoms with Gasteiger partial charge in [0.05, 0.1) is 0 Å². The Morgan fingerprint density at radius 1 is 0.667 bits per heavy atom. The van der Waals surface area contributed by atoms with Crippen molar-refractivity contribution in [3.8, 4) is 11.8 Å². The van der Waals surface area contributed by atoms with Crippen molar-refractivity contribution in [2.45, 2.75) is 0 Å². The van der Waals surface area contributed by atoms with E-state index < -0.39 is 0 Å². The molecule has 2 aromatic carbocycles. The fourth-order valence-electron chi connectivity index (χ4n) is 1.56. The number of rotatable bonds is 2. The van der Waals surface area contributed by atoms with Crippen molar-refractivity contribution in [1.82, 2.24) is 0 Å². The molecule has 18 heavy (non-hydrogen) atoms. The van der Waals surface area contributed by atoms with Crippen LogP contribution in [0, 0.1) is 11.8 Å². The molecule has 0 saturated heterocycles. The molecular weight excluding hydrogens is 224 g/mol. The maximum absolute atomic E-state index is 10.8. The van der Waals surface area contributed by atoms with Gasteiger partial charge >= 0.3 is 0 Å². The molecule has 0 saturated carbocycles.